The summed E-state index contributed by atoms with van der Waals surface area (Å²) in [6.45, 7) is 0. The first-order valence-corrected chi connectivity index (χ1v) is 7.29. The molecule has 1 amide bonds. The summed E-state index contributed by atoms with van der Waals surface area (Å²) >= 11 is 3.19. The molecule has 0 radical (unpaired) electrons. The Labute approximate surface area is 129 Å². The lowest BCUT2D eigenvalue weighted by atomic mass is 10.1. The van der Waals surface area contributed by atoms with Gasteiger partial charge in [0.15, 0.2) is 0 Å². The third-order valence-electron chi connectivity index (χ3n) is 3.33. The number of hydrogen-bond donors (Lipinski definition) is 1. The normalized spacial score (nSPS) is 13.0. The average Bonchev–Trinajstić information content (AvgIpc) is 2.83. The molecule has 1 aliphatic carbocycles. The van der Waals surface area contributed by atoms with Crippen LogP contribution in [0.2, 0.25) is 0 Å². The van der Waals surface area contributed by atoms with Gasteiger partial charge in [0.1, 0.15) is 17.1 Å². The van der Waals surface area contributed by atoms with Crippen LogP contribution in [-0.4, -0.2) is 10.9 Å². The average molecular weight is 351 g/mol. The van der Waals surface area contributed by atoms with Crippen LogP contribution in [0.1, 0.15) is 28.0 Å². The van der Waals surface area contributed by atoms with Crippen molar-refractivity contribution in [2.45, 2.75) is 19.3 Å². The number of ether oxygens (including phenoxy) is 1. The molecule has 3 rings (SSSR count). The van der Waals surface area contributed by atoms with E-state index in [-0.39, 0.29) is 17.2 Å². The van der Waals surface area contributed by atoms with E-state index < -0.39 is 11.7 Å². The van der Waals surface area contributed by atoms with Gasteiger partial charge in [0.25, 0.3) is 5.91 Å². The van der Waals surface area contributed by atoms with Crippen molar-refractivity contribution in [1.29, 1.82) is 0 Å². The number of rotatable bonds is 3. The molecule has 0 spiro atoms. The van der Waals surface area contributed by atoms with Crippen LogP contribution in [0.4, 0.5) is 4.39 Å². The SMILES string of the molecule is NC(=O)c1cc2c(nc1Oc1cc(F)cc(Br)c1)CCC2. The Morgan fingerprint density at radius 1 is 1.29 bits per heavy atom. The summed E-state index contributed by atoms with van der Waals surface area (Å²) in [6.07, 6.45) is 2.72. The van der Waals surface area contributed by atoms with Gasteiger partial charge in [0.2, 0.25) is 5.88 Å². The number of benzene rings is 1. The molecule has 4 nitrogen and oxygen atoms in total. The smallest absolute Gasteiger partial charge is 0.254 e. The summed E-state index contributed by atoms with van der Waals surface area (Å²) in [6, 6.07) is 5.87. The zero-order valence-electron chi connectivity index (χ0n) is 11.0. The van der Waals surface area contributed by atoms with E-state index in [0.29, 0.717) is 4.47 Å². The van der Waals surface area contributed by atoms with Crippen molar-refractivity contribution in [2.24, 2.45) is 5.73 Å². The number of pyridine rings is 1. The van der Waals surface area contributed by atoms with Gasteiger partial charge < -0.3 is 10.5 Å². The topological polar surface area (TPSA) is 65.2 Å². The molecule has 0 saturated heterocycles. The highest BCUT2D eigenvalue weighted by atomic mass is 79.9. The van der Waals surface area contributed by atoms with E-state index in [1.807, 2.05) is 0 Å². The van der Waals surface area contributed by atoms with Gasteiger partial charge in [0, 0.05) is 16.2 Å². The Balaban J connectivity index is 2.03. The summed E-state index contributed by atoms with van der Waals surface area (Å²) in [5, 5.41) is 0. The van der Waals surface area contributed by atoms with E-state index in [0.717, 1.165) is 30.5 Å². The van der Waals surface area contributed by atoms with Crippen LogP contribution in [0.5, 0.6) is 11.6 Å². The molecule has 2 N–H and O–H groups in total. The first kappa shape index (κ1) is 14.0. The standard InChI is InChI=1S/C15H12BrFN2O2/c16-9-5-10(17)7-11(6-9)21-15-12(14(18)20)4-8-2-1-3-13(8)19-15/h4-7H,1-3H2,(H2,18,20). The highest BCUT2D eigenvalue weighted by molar-refractivity contribution is 9.10. The van der Waals surface area contributed by atoms with Crippen molar-refractivity contribution in [3.05, 3.63) is 51.4 Å². The molecule has 21 heavy (non-hydrogen) atoms. The fourth-order valence-electron chi connectivity index (χ4n) is 2.41. The molecule has 2 aromatic rings. The molecule has 108 valence electrons. The van der Waals surface area contributed by atoms with Gasteiger partial charge in [-0.05, 0) is 43.0 Å². The highest BCUT2D eigenvalue weighted by Gasteiger charge is 2.20. The third kappa shape index (κ3) is 2.90. The Bertz CT molecular complexity index is 714. The summed E-state index contributed by atoms with van der Waals surface area (Å²) in [4.78, 5) is 15.9. The molecule has 0 aliphatic heterocycles. The third-order valence-corrected chi connectivity index (χ3v) is 3.79. The number of aryl methyl sites for hydroxylation is 2. The minimum Gasteiger partial charge on any atom is -0.438 e. The maximum Gasteiger partial charge on any atom is 0.254 e. The van der Waals surface area contributed by atoms with E-state index in [2.05, 4.69) is 20.9 Å². The monoisotopic (exact) mass is 350 g/mol. The largest absolute Gasteiger partial charge is 0.438 e. The number of carbonyl (C=O) groups is 1. The second-order valence-corrected chi connectivity index (χ2v) is 5.79. The lowest BCUT2D eigenvalue weighted by Crippen LogP contribution is -2.14. The molecule has 0 atom stereocenters. The van der Waals surface area contributed by atoms with Crippen molar-refractivity contribution in [1.82, 2.24) is 4.98 Å². The molecular weight excluding hydrogens is 339 g/mol. The molecule has 1 aromatic heterocycles. The minimum absolute atomic E-state index is 0.126. The van der Waals surface area contributed by atoms with Crippen LogP contribution in [0.25, 0.3) is 0 Å². The molecule has 0 saturated carbocycles. The van der Waals surface area contributed by atoms with Crippen molar-refractivity contribution in [2.75, 3.05) is 0 Å². The summed E-state index contributed by atoms with van der Waals surface area (Å²) in [5.74, 6) is -0.667. The zero-order valence-corrected chi connectivity index (χ0v) is 12.6. The number of carbonyl (C=O) groups excluding carboxylic acids is 1. The predicted octanol–water partition coefficient (Wildman–Crippen LogP) is 3.36. The molecule has 0 fully saturated rings. The van der Waals surface area contributed by atoms with Crippen LogP contribution in [0, 0.1) is 5.82 Å². The first-order valence-electron chi connectivity index (χ1n) is 6.49. The second-order valence-electron chi connectivity index (χ2n) is 4.87. The Morgan fingerprint density at radius 2 is 2.10 bits per heavy atom. The van der Waals surface area contributed by atoms with E-state index >= 15 is 0 Å². The number of aromatic nitrogens is 1. The van der Waals surface area contributed by atoms with Crippen LogP contribution in [0.3, 0.4) is 0 Å². The van der Waals surface area contributed by atoms with Gasteiger partial charge in [-0.2, -0.15) is 0 Å². The van der Waals surface area contributed by atoms with Gasteiger partial charge in [-0.15, -0.1) is 0 Å². The maximum absolute atomic E-state index is 13.4. The quantitative estimate of drug-likeness (QED) is 0.922. The number of hydrogen-bond acceptors (Lipinski definition) is 3. The number of amides is 1. The van der Waals surface area contributed by atoms with Crippen LogP contribution in [-0.2, 0) is 12.8 Å². The molecule has 0 bridgehead atoms. The minimum atomic E-state index is -0.609. The number of primary amides is 1. The Kier molecular flexibility index (Phi) is 3.63. The van der Waals surface area contributed by atoms with Crippen molar-refractivity contribution >= 4 is 21.8 Å². The fourth-order valence-corrected chi connectivity index (χ4v) is 2.85. The molecule has 1 aliphatic rings. The number of nitrogens with zero attached hydrogens (tertiary/aromatic N) is 1. The van der Waals surface area contributed by atoms with E-state index in [1.54, 1.807) is 12.1 Å². The second kappa shape index (κ2) is 5.44. The van der Waals surface area contributed by atoms with E-state index in [1.165, 1.54) is 12.1 Å². The summed E-state index contributed by atoms with van der Waals surface area (Å²) in [5.41, 5.74) is 7.53. The van der Waals surface area contributed by atoms with Gasteiger partial charge in [0.05, 0.1) is 0 Å². The lowest BCUT2D eigenvalue weighted by molar-refractivity contribution is 0.0997. The van der Waals surface area contributed by atoms with Gasteiger partial charge in [-0.25, -0.2) is 9.37 Å². The van der Waals surface area contributed by atoms with Gasteiger partial charge in [-0.1, -0.05) is 15.9 Å². The van der Waals surface area contributed by atoms with Gasteiger partial charge in [-0.3, -0.25) is 4.79 Å². The lowest BCUT2D eigenvalue weighted by Gasteiger charge is -2.11. The molecule has 6 heteroatoms. The van der Waals surface area contributed by atoms with Crippen molar-refractivity contribution in [3.8, 4) is 11.6 Å². The van der Waals surface area contributed by atoms with Crippen LogP contribution < -0.4 is 10.5 Å². The Hall–Kier alpha value is -1.95. The zero-order chi connectivity index (χ0) is 15.0. The molecule has 1 heterocycles. The van der Waals surface area contributed by atoms with E-state index in [9.17, 15) is 9.18 Å². The fraction of sp³-hybridized carbons (Fsp3) is 0.200. The first-order chi connectivity index (χ1) is 10.0. The number of halogens is 2. The summed E-state index contributed by atoms with van der Waals surface area (Å²) < 4.78 is 19.5. The van der Waals surface area contributed by atoms with Crippen LogP contribution >= 0.6 is 15.9 Å². The maximum atomic E-state index is 13.4. The number of nitrogens with two attached hydrogens (primary N) is 1. The molecular formula is C15H12BrFN2O2. The Morgan fingerprint density at radius 3 is 2.81 bits per heavy atom. The van der Waals surface area contributed by atoms with Crippen molar-refractivity contribution < 1.29 is 13.9 Å². The van der Waals surface area contributed by atoms with Crippen molar-refractivity contribution in [3.63, 3.8) is 0 Å². The summed E-state index contributed by atoms with van der Waals surface area (Å²) in [7, 11) is 0. The molecule has 1 aromatic carbocycles. The highest BCUT2D eigenvalue weighted by Crippen LogP contribution is 2.31. The number of fused-ring (bicyclic) bond motifs is 1. The van der Waals surface area contributed by atoms with Crippen LogP contribution in [0.15, 0.2) is 28.7 Å². The van der Waals surface area contributed by atoms with E-state index in [4.69, 9.17) is 10.5 Å². The van der Waals surface area contributed by atoms with Gasteiger partial charge >= 0.3 is 0 Å². The predicted molar refractivity (Wildman–Crippen MR) is 79.0 cm³/mol. The molecule has 0 unspecified atom stereocenters.